The number of anilines is 1. The molecule has 1 saturated heterocycles. The number of carbonyl (C=O) groups excluding carboxylic acids is 1. The number of hydrogen-bond acceptors (Lipinski definition) is 5. The Morgan fingerprint density at radius 2 is 1.84 bits per heavy atom. The number of aromatic nitrogens is 1. The van der Waals surface area contributed by atoms with Gasteiger partial charge in [-0.2, -0.15) is 0 Å². The molecule has 2 heterocycles. The first-order valence-corrected chi connectivity index (χ1v) is 8.04. The van der Waals surface area contributed by atoms with Crippen molar-refractivity contribution >= 4 is 24.1 Å². The summed E-state index contributed by atoms with van der Waals surface area (Å²) in [5, 5.41) is 0. The van der Waals surface area contributed by atoms with Crippen molar-refractivity contribution in [2.24, 2.45) is 5.73 Å². The minimum Gasteiger partial charge on any atom is -0.497 e. The lowest BCUT2D eigenvalue weighted by molar-refractivity contribution is 0.0746. The van der Waals surface area contributed by atoms with Crippen LogP contribution in [0.1, 0.15) is 15.9 Å². The van der Waals surface area contributed by atoms with Crippen molar-refractivity contribution in [1.82, 2.24) is 9.88 Å². The fraction of sp³-hybridized carbons (Fsp3) is 0.333. The number of halogens is 1. The van der Waals surface area contributed by atoms with Crippen LogP contribution in [0, 0.1) is 0 Å². The average molecular weight is 363 g/mol. The fourth-order valence-corrected chi connectivity index (χ4v) is 2.80. The Bertz CT molecular complexity index is 700. The second-order valence-corrected chi connectivity index (χ2v) is 5.73. The number of pyridine rings is 1. The quantitative estimate of drug-likeness (QED) is 0.899. The molecule has 2 aromatic rings. The van der Waals surface area contributed by atoms with Crippen LogP contribution in [0.4, 0.5) is 5.82 Å². The molecule has 7 heteroatoms. The molecule has 1 aliphatic rings. The third-order valence-corrected chi connectivity index (χ3v) is 4.28. The molecule has 3 rings (SSSR count). The standard InChI is InChI=1S/C18H22N4O2.ClH/c1-24-16-6-7-20-17(12-16)21-8-10-22(11-9-21)18(23)15-4-2-14(13-19)3-5-15;/h2-7,12H,8-11,13,19H2,1H3;1H. The molecule has 0 spiro atoms. The number of nitrogens with zero attached hydrogens (tertiary/aromatic N) is 3. The number of hydrogen-bond donors (Lipinski definition) is 1. The molecule has 1 aliphatic heterocycles. The van der Waals surface area contributed by atoms with Crippen LogP contribution in [0.25, 0.3) is 0 Å². The average Bonchev–Trinajstić information content (AvgIpc) is 2.67. The molecule has 1 amide bonds. The van der Waals surface area contributed by atoms with Gasteiger partial charge in [-0.3, -0.25) is 4.79 Å². The highest BCUT2D eigenvalue weighted by Crippen LogP contribution is 2.20. The van der Waals surface area contributed by atoms with Gasteiger partial charge in [0, 0.05) is 50.6 Å². The highest BCUT2D eigenvalue weighted by Gasteiger charge is 2.23. The zero-order valence-electron chi connectivity index (χ0n) is 14.2. The van der Waals surface area contributed by atoms with Gasteiger partial charge in [0.05, 0.1) is 7.11 Å². The summed E-state index contributed by atoms with van der Waals surface area (Å²) in [6, 6.07) is 11.3. The first-order valence-electron chi connectivity index (χ1n) is 8.04. The summed E-state index contributed by atoms with van der Waals surface area (Å²) in [5.41, 5.74) is 7.33. The SMILES string of the molecule is COc1ccnc(N2CCN(C(=O)c3ccc(CN)cc3)CC2)c1.Cl. The molecule has 0 unspecified atom stereocenters. The summed E-state index contributed by atoms with van der Waals surface area (Å²) in [5.74, 6) is 1.74. The maximum Gasteiger partial charge on any atom is 0.253 e. The van der Waals surface area contributed by atoms with Crippen molar-refractivity contribution in [2.45, 2.75) is 6.54 Å². The van der Waals surface area contributed by atoms with Crippen LogP contribution in [0.2, 0.25) is 0 Å². The van der Waals surface area contributed by atoms with Crippen LogP contribution < -0.4 is 15.4 Å². The molecular formula is C18H23ClN4O2. The van der Waals surface area contributed by atoms with Gasteiger partial charge in [-0.1, -0.05) is 12.1 Å². The molecule has 1 fully saturated rings. The van der Waals surface area contributed by atoms with Crippen LogP contribution in [0.5, 0.6) is 5.75 Å². The van der Waals surface area contributed by atoms with Crippen molar-refractivity contribution in [3.63, 3.8) is 0 Å². The topological polar surface area (TPSA) is 71.7 Å². The molecule has 25 heavy (non-hydrogen) atoms. The number of rotatable bonds is 4. The third-order valence-electron chi connectivity index (χ3n) is 4.28. The zero-order valence-corrected chi connectivity index (χ0v) is 15.0. The molecule has 0 bridgehead atoms. The van der Waals surface area contributed by atoms with Crippen molar-refractivity contribution in [1.29, 1.82) is 0 Å². The van der Waals surface area contributed by atoms with Crippen molar-refractivity contribution in [3.8, 4) is 5.75 Å². The van der Waals surface area contributed by atoms with Crippen LogP contribution in [0.15, 0.2) is 42.6 Å². The minimum absolute atomic E-state index is 0. The van der Waals surface area contributed by atoms with Gasteiger partial charge < -0.3 is 20.3 Å². The summed E-state index contributed by atoms with van der Waals surface area (Å²) in [6.45, 7) is 3.35. The Kier molecular flexibility index (Phi) is 6.61. The van der Waals surface area contributed by atoms with E-state index in [-0.39, 0.29) is 18.3 Å². The van der Waals surface area contributed by atoms with Crippen LogP contribution in [0.3, 0.4) is 0 Å². The fourth-order valence-electron chi connectivity index (χ4n) is 2.80. The molecule has 2 N–H and O–H groups in total. The maximum absolute atomic E-state index is 12.6. The number of piperazine rings is 1. The summed E-state index contributed by atoms with van der Waals surface area (Å²) in [4.78, 5) is 21.0. The Morgan fingerprint density at radius 1 is 1.16 bits per heavy atom. The van der Waals surface area contributed by atoms with E-state index in [1.54, 1.807) is 13.3 Å². The Labute approximate surface area is 154 Å². The summed E-state index contributed by atoms with van der Waals surface area (Å²) >= 11 is 0. The third kappa shape index (κ3) is 4.41. The van der Waals surface area contributed by atoms with Crippen LogP contribution in [-0.2, 0) is 6.54 Å². The van der Waals surface area contributed by atoms with Gasteiger partial charge in [0.25, 0.3) is 5.91 Å². The molecule has 0 aliphatic carbocycles. The Hall–Kier alpha value is -2.31. The van der Waals surface area contributed by atoms with Gasteiger partial charge in [0.2, 0.25) is 0 Å². The van der Waals surface area contributed by atoms with E-state index in [2.05, 4.69) is 9.88 Å². The number of benzene rings is 1. The largest absolute Gasteiger partial charge is 0.497 e. The normalized spacial score (nSPS) is 14.0. The monoisotopic (exact) mass is 362 g/mol. The maximum atomic E-state index is 12.6. The van der Waals surface area contributed by atoms with Gasteiger partial charge in [0.1, 0.15) is 11.6 Å². The van der Waals surface area contributed by atoms with E-state index in [1.165, 1.54) is 0 Å². The predicted octanol–water partition coefficient (Wildman–Crippen LogP) is 1.93. The molecular weight excluding hydrogens is 340 g/mol. The van der Waals surface area contributed by atoms with Crippen molar-refractivity contribution < 1.29 is 9.53 Å². The van der Waals surface area contributed by atoms with Crippen LogP contribution >= 0.6 is 12.4 Å². The molecule has 1 aromatic carbocycles. The lowest BCUT2D eigenvalue weighted by Gasteiger charge is -2.35. The van der Waals surface area contributed by atoms with Crippen LogP contribution in [-0.4, -0.2) is 49.1 Å². The second-order valence-electron chi connectivity index (χ2n) is 5.73. The van der Waals surface area contributed by atoms with E-state index in [4.69, 9.17) is 10.5 Å². The number of amides is 1. The summed E-state index contributed by atoms with van der Waals surface area (Å²) < 4.78 is 5.24. The molecule has 0 saturated carbocycles. The molecule has 134 valence electrons. The minimum atomic E-state index is 0. The van der Waals surface area contributed by atoms with Crippen molar-refractivity contribution in [2.75, 3.05) is 38.2 Å². The first kappa shape index (κ1) is 19.0. The van der Waals surface area contributed by atoms with Gasteiger partial charge >= 0.3 is 0 Å². The highest BCUT2D eigenvalue weighted by atomic mass is 35.5. The summed E-state index contributed by atoms with van der Waals surface area (Å²) in [6.07, 6.45) is 1.74. The number of ether oxygens (including phenoxy) is 1. The van der Waals surface area contributed by atoms with Crippen molar-refractivity contribution in [3.05, 3.63) is 53.7 Å². The van der Waals surface area contributed by atoms with E-state index in [0.29, 0.717) is 25.2 Å². The first-order chi connectivity index (χ1) is 11.7. The molecule has 1 aromatic heterocycles. The molecule has 0 atom stereocenters. The van der Waals surface area contributed by atoms with Gasteiger partial charge in [-0.25, -0.2) is 4.98 Å². The molecule has 6 nitrogen and oxygen atoms in total. The van der Waals surface area contributed by atoms with E-state index in [1.807, 2.05) is 41.3 Å². The number of carbonyl (C=O) groups is 1. The number of methoxy groups -OCH3 is 1. The van der Waals surface area contributed by atoms with E-state index in [0.717, 1.165) is 30.2 Å². The lowest BCUT2D eigenvalue weighted by Crippen LogP contribution is -2.49. The smallest absolute Gasteiger partial charge is 0.253 e. The number of nitrogens with two attached hydrogens (primary N) is 1. The van der Waals surface area contributed by atoms with Gasteiger partial charge in [0.15, 0.2) is 0 Å². The van der Waals surface area contributed by atoms with Gasteiger partial charge in [-0.15, -0.1) is 12.4 Å². The second kappa shape index (κ2) is 8.69. The lowest BCUT2D eigenvalue weighted by atomic mass is 10.1. The highest BCUT2D eigenvalue weighted by molar-refractivity contribution is 5.94. The Morgan fingerprint density at radius 3 is 2.44 bits per heavy atom. The molecule has 0 radical (unpaired) electrons. The summed E-state index contributed by atoms with van der Waals surface area (Å²) in [7, 11) is 1.64. The Balaban J connectivity index is 0.00000225. The zero-order chi connectivity index (χ0) is 16.9. The van der Waals surface area contributed by atoms with E-state index >= 15 is 0 Å². The van der Waals surface area contributed by atoms with E-state index in [9.17, 15) is 4.79 Å². The predicted molar refractivity (Wildman–Crippen MR) is 100 cm³/mol. The van der Waals surface area contributed by atoms with Gasteiger partial charge in [-0.05, 0) is 23.8 Å². The van der Waals surface area contributed by atoms with E-state index < -0.39 is 0 Å².